The van der Waals surface area contributed by atoms with Gasteiger partial charge >= 0.3 is 0 Å². The van der Waals surface area contributed by atoms with Gasteiger partial charge in [0.25, 0.3) is 0 Å². The average Bonchev–Trinajstić information content (AvgIpc) is 2.89. The molecule has 0 radical (unpaired) electrons. The quantitative estimate of drug-likeness (QED) is 0.846. The van der Waals surface area contributed by atoms with Gasteiger partial charge in [0.1, 0.15) is 0 Å². The van der Waals surface area contributed by atoms with Gasteiger partial charge in [-0.05, 0) is 60.2 Å². The van der Waals surface area contributed by atoms with Crippen LogP contribution in [0.1, 0.15) is 23.1 Å². The highest BCUT2D eigenvalue weighted by Gasteiger charge is 2.20. The molecular weight excluding hydrogens is 350 g/mol. The van der Waals surface area contributed by atoms with Crippen LogP contribution in [-0.2, 0) is 28.4 Å². The van der Waals surface area contributed by atoms with Crippen molar-refractivity contribution in [1.29, 1.82) is 0 Å². The minimum Gasteiger partial charge on any atom is -0.399 e. The zero-order valence-corrected chi connectivity index (χ0v) is 13.9. The van der Waals surface area contributed by atoms with Crippen LogP contribution in [0.15, 0.2) is 45.8 Å². The van der Waals surface area contributed by atoms with Crippen LogP contribution in [0, 0.1) is 0 Å². The van der Waals surface area contributed by atoms with Crippen molar-refractivity contribution in [2.24, 2.45) is 0 Å². The molecule has 0 atom stereocenters. The first-order valence-electron chi connectivity index (χ1n) is 6.84. The normalized spacial score (nSPS) is 14.1. The molecule has 2 N–H and O–H groups in total. The van der Waals surface area contributed by atoms with Crippen molar-refractivity contribution < 1.29 is 8.42 Å². The third-order valence-corrected chi connectivity index (χ3v) is 6.25. The maximum Gasteiger partial charge on any atom is 0.182 e. The van der Waals surface area contributed by atoms with E-state index in [2.05, 4.69) is 15.9 Å². The van der Waals surface area contributed by atoms with Gasteiger partial charge in [-0.3, -0.25) is 0 Å². The Morgan fingerprint density at radius 2 is 1.81 bits per heavy atom. The molecular formula is C16H16BrNO2S. The van der Waals surface area contributed by atoms with Crippen molar-refractivity contribution >= 4 is 31.5 Å². The summed E-state index contributed by atoms with van der Waals surface area (Å²) in [6, 6.07) is 10.7. The van der Waals surface area contributed by atoms with Crippen LogP contribution in [0.2, 0.25) is 0 Å². The van der Waals surface area contributed by atoms with Crippen molar-refractivity contribution in [1.82, 2.24) is 0 Å². The molecule has 0 saturated heterocycles. The summed E-state index contributed by atoms with van der Waals surface area (Å²) in [6.45, 7) is 0. The number of aryl methyl sites for hydroxylation is 2. The lowest BCUT2D eigenvalue weighted by molar-refractivity contribution is 0.595. The molecule has 0 spiro atoms. The first-order chi connectivity index (χ1) is 9.95. The van der Waals surface area contributed by atoms with E-state index in [1.165, 1.54) is 11.1 Å². The second-order valence-corrected chi connectivity index (χ2v) is 8.24. The van der Waals surface area contributed by atoms with Gasteiger partial charge in [-0.2, -0.15) is 0 Å². The van der Waals surface area contributed by atoms with E-state index in [9.17, 15) is 8.42 Å². The van der Waals surface area contributed by atoms with Crippen LogP contribution in [0.25, 0.3) is 0 Å². The highest BCUT2D eigenvalue weighted by Crippen LogP contribution is 2.28. The van der Waals surface area contributed by atoms with Gasteiger partial charge in [0.05, 0.1) is 10.6 Å². The molecule has 1 aliphatic carbocycles. The Labute approximate surface area is 133 Å². The number of hydrogen-bond acceptors (Lipinski definition) is 3. The summed E-state index contributed by atoms with van der Waals surface area (Å²) >= 11 is 3.38. The molecule has 0 saturated carbocycles. The fraction of sp³-hybridized carbons (Fsp3) is 0.250. The number of anilines is 1. The van der Waals surface area contributed by atoms with Crippen LogP contribution >= 0.6 is 15.9 Å². The molecule has 0 bridgehead atoms. The topological polar surface area (TPSA) is 60.2 Å². The fourth-order valence-corrected chi connectivity index (χ4v) is 4.86. The zero-order chi connectivity index (χ0) is 15.0. The number of hydrogen-bond donors (Lipinski definition) is 1. The molecule has 0 amide bonds. The summed E-state index contributed by atoms with van der Waals surface area (Å²) in [6.07, 6.45) is 3.14. The molecule has 1 aliphatic rings. The molecule has 0 aliphatic heterocycles. The summed E-state index contributed by atoms with van der Waals surface area (Å²) in [7, 11) is -3.34. The van der Waals surface area contributed by atoms with E-state index in [0.29, 0.717) is 10.6 Å². The molecule has 21 heavy (non-hydrogen) atoms. The van der Waals surface area contributed by atoms with Crippen LogP contribution in [-0.4, -0.2) is 8.42 Å². The van der Waals surface area contributed by atoms with Gasteiger partial charge in [0, 0.05) is 10.2 Å². The second kappa shape index (κ2) is 5.46. The van der Waals surface area contributed by atoms with Gasteiger partial charge < -0.3 is 5.73 Å². The van der Waals surface area contributed by atoms with Crippen molar-refractivity contribution in [2.75, 3.05) is 5.73 Å². The van der Waals surface area contributed by atoms with E-state index in [4.69, 9.17) is 5.73 Å². The molecule has 0 unspecified atom stereocenters. The number of nitrogen functional groups attached to an aromatic ring is 1. The average molecular weight is 366 g/mol. The van der Waals surface area contributed by atoms with E-state index >= 15 is 0 Å². The first-order valence-corrected chi connectivity index (χ1v) is 9.29. The third kappa shape index (κ3) is 2.99. The Bertz CT molecular complexity index is 800. The molecule has 0 aromatic heterocycles. The number of halogens is 1. The van der Waals surface area contributed by atoms with Crippen LogP contribution in [0.3, 0.4) is 0 Å². The molecule has 3 rings (SSSR count). The predicted octanol–water partition coefficient (Wildman–Crippen LogP) is 3.49. The van der Waals surface area contributed by atoms with Gasteiger partial charge in [-0.25, -0.2) is 8.42 Å². The number of benzene rings is 2. The standard InChI is InChI=1S/C16H16BrNO2S/c17-16-9-14(18)6-4-13(16)10-21(19,20)15-7-5-11-2-1-3-12(11)8-15/h4-9H,1-3,10,18H2. The van der Waals surface area contributed by atoms with Crippen molar-refractivity contribution in [3.63, 3.8) is 0 Å². The van der Waals surface area contributed by atoms with Crippen molar-refractivity contribution in [3.05, 3.63) is 57.6 Å². The highest BCUT2D eigenvalue weighted by molar-refractivity contribution is 9.10. The molecule has 2 aromatic rings. The number of fused-ring (bicyclic) bond motifs is 1. The fourth-order valence-electron chi connectivity index (χ4n) is 2.71. The minimum atomic E-state index is -3.34. The molecule has 3 nitrogen and oxygen atoms in total. The highest BCUT2D eigenvalue weighted by atomic mass is 79.9. The minimum absolute atomic E-state index is 0.0212. The van der Waals surface area contributed by atoms with Crippen LogP contribution < -0.4 is 5.73 Å². The van der Waals surface area contributed by atoms with Crippen LogP contribution in [0.5, 0.6) is 0 Å². The number of rotatable bonds is 3. The predicted molar refractivity (Wildman–Crippen MR) is 87.9 cm³/mol. The molecule has 0 fully saturated rings. The number of nitrogens with two attached hydrogens (primary N) is 1. The number of sulfone groups is 1. The Balaban J connectivity index is 1.93. The maximum absolute atomic E-state index is 12.6. The summed E-state index contributed by atoms with van der Waals surface area (Å²) in [5.41, 5.74) is 9.48. The summed E-state index contributed by atoms with van der Waals surface area (Å²) in [4.78, 5) is 0.409. The van der Waals surface area contributed by atoms with E-state index < -0.39 is 9.84 Å². The summed E-state index contributed by atoms with van der Waals surface area (Å²) in [5.74, 6) is -0.0212. The first kappa shape index (κ1) is 14.6. The van der Waals surface area contributed by atoms with E-state index in [1.807, 2.05) is 12.1 Å². The smallest absolute Gasteiger partial charge is 0.182 e. The summed E-state index contributed by atoms with van der Waals surface area (Å²) in [5, 5.41) is 0. The lowest BCUT2D eigenvalue weighted by Crippen LogP contribution is -2.06. The molecule has 110 valence electrons. The molecule has 0 heterocycles. The van der Waals surface area contributed by atoms with Gasteiger partial charge in [0.15, 0.2) is 9.84 Å². The third-order valence-electron chi connectivity index (χ3n) is 3.85. The van der Waals surface area contributed by atoms with E-state index in [0.717, 1.165) is 29.3 Å². The van der Waals surface area contributed by atoms with Crippen molar-refractivity contribution in [2.45, 2.75) is 29.9 Å². The van der Waals surface area contributed by atoms with Gasteiger partial charge in [-0.1, -0.05) is 28.1 Å². The monoisotopic (exact) mass is 365 g/mol. The summed E-state index contributed by atoms with van der Waals surface area (Å²) < 4.78 is 25.9. The lowest BCUT2D eigenvalue weighted by atomic mass is 10.1. The largest absolute Gasteiger partial charge is 0.399 e. The molecule has 5 heteroatoms. The second-order valence-electron chi connectivity index (χ2n) is 5.39. The van der Waals surface area contributed by atoms with Gasteiger partial charge in [-0.15, -0.1) is 0 Å². The molecule has 2 aromatic carbocycles. The van der Waals surface area contributed by atoms with E-state index in [-0.39, 0.29) is 5.75 Å². The lowest BCUT2D eigenvalue weighted by Gasteiger charge is -2.09. The SMILES string of the molecule is Nc1ccc(CS(=O)(=O)c2ccc3c(c2)CCC3)c(Br)c1. The Morgan fingerprint density at radius 1 is 1.05 bits per heavy atom. The van der Waals surface area contributed by atoms with Crippen molar-refractivity contribution in [3.8, 4) is 0 Å². The Morgan fingerprint density at radius 3 is 2.57 bits per heavy atom. The zero-order valence-electron chi connectivity index (χ0n) is 11.5. The Hall–Kier alpha value is -1.33. The maximum atomic E-state index is 12.6. The Kier molecular flexibility index (Phi) is 3.80. The van der Waals surface area contributed by atoms with E-state index in [1.54, 1.807) is 24.3 Å². The van der Waals surface area contributed by atoms with Gasteiger partial charge in [0.2, 0.25) is 0 Å². The van der Waals surface area contributed by atoms with Crippen LogP contribution in [0.4, 0.5) is 5.69 Å².